The number of azo groups is 1. The SMILES string of the molecule is C=CCCn1ccnc1/N=N/c1ccc(N(C)C)cc1. The lowest BCUT2D eigenvalue weighted by Crippen LogP contribution is -2.07. The Labute approximate surface area is 119 Å². The minimum absolute atomic E-state index is 0.614. The topological polar surface area (TPSA) is 45.8 Å². The van der Waals surface area contributed by atoms with Gasteiger partial charge in [0, 0.05) is 38.7 Å². The highest BCUT2D eigenvalue weighted by Crippen LogP contribution is 2.20. The van der Waals surface area contributed by atoms with Crippen LogP contribution >= 0.6 is 0 Å². The summed E-state index contributed by atoms with van der Waals surface area (Å²) in [5.41, 5.74) is 1.95. The van der Waals surface area contributed by atoms with Gasteiger partial charge in [-0.3, -0.25) is 0 Å². The van der Waals surface area contributed by atoms with Crippen molar-refractivity contribution in [3.63, 3.8) is 0 Å². The average molecular weight is 269 g/mol. The van der Waals surface area contributed by atoms with Gasteiger partial charge in [0.05, 0.1) is 5.69 Å². The molecule has 0 fully saturated rings. The highest BCUT2D eigenvalue weighted by atomic mass is 15.3. The fourth-order valence-electron chi connectivity index (χ4n) is 1.73. The molecule has 0 bridgehead atoms. The summed E-state index contributed by atoms with van der Waals surface area (Å²) in [6.45, 7) is 4.53. The van der Waals surface area contributed by atoms with Crippen LogP contribution < -0.4 is 4.90 Å². The fourth-order valence-corrected chi connectivity index (χ4v) is 1.73. The van der Waals surface area contributed by atoms with E-state index in [2.05, 4.69) is 21.8 Å². The van der Waals surface area contributed by atoms with E-state index in [0.29, 0.717) is 5.95 Å². The predicted molar refractivity (Wildman–Crippen MR) is 82.0 cm³/mol. The molecule has 0 N–H and O–H groups in total. The molecule has 0 aliphatic rings. The lowest BCUT2D eigenvalue weighted by molar-refractivity contribution is 0.709. The van der Waals surface area contributed by atoms with Crippen LogP contribution in [0.5, 0.6) is 0 Å². The second kappa shape index (κ2) is 6.65. The van der Waals surface area contributed by atoms with Crippen LogP contribution in [0.4, 0.5) is 17.3 Å². The van der Waals surface area contributed by atoms with E-state index in [-0.39, 0.29) is 0 Å². The Kier molecular flexibility index (Phi) is 4.65. The van der Waals surface area contributed by atoms with Crippen LogP contribution in [0.2, 0.25) is 0 Å². The molecular formula is C15H19N5. The van der Waals surface area contributed by atoms with Gasteiger partial charge in [-0.15, -0.1) is 16.8 Å². The van der Waals surface area contributed by atoms with Crippen molar-refractivity contribution in [2.75, 3.05) is 19.0 Å². The molecule has 1 aromatic carbocycles. The number of hydrogen-bond donors (Lipinski definition) is 0. The second-order valence-corrected chi connectivity index (χ2v) is 4.61. The lowest BCUT2D eigenvalue weighted by atomic mass is 10.3. The summed E-state index contributed by atoms with van der Waals surface area (Å²) in [4.78, 5) is 6.23. The summed E-state index contributed by atoms with van der Waals surface area (Å²) in [5, 5.41) is 8.41. The van der Waals surface area contributed by atoms with E-state index < -0.39 is 0 Å². The van der Waals surface area contributed by atoms with E-state index in [9.17, 15) is 0 Å². The zero-order valence-electron chi connectivity index (χ0n) is 11.9. The predicted octanol–water partition coefficient (Wildman–Crippen LogP) is 3.94. The van der Waals surface area contributed by atoms with Gasteiger partial charge in [0.25, 0.3) is 0 Å². The lowest BCUT2D eigenvalue weighted by Gasteiger charge is -2.11. The van der Waals surface area contributed by atoms with Crippen molar-refractivity contribution >= 4 is 17.3 Å². The largest absolute Gasteiger partial charge is 0.378 e. The average Bonchev–Trinajstić information content (AvgIpc) is 2.90. The third-order valence-electron chi connectivity index (χ3n) is 2.89. The molecule has 0 aliphatic carbocycles. The first-order valence-electron chi connectivity index (χ1n) is 6.52. The molecule has 1 aromatic heterocycles. The van der Waals surface area contributed by atoms with Crippen molar-refractivity contribution in [2.45, 2.75) is 13.0 Å². The van der Waals surface area contributed by atoms with Crippen LogP contribution in [-0.4, -0.2) is 23.6 Å². The van der Waals surface area contributed by atoms with Gasteiger partial charge in [0.2, 0.25) is 5.95 Å². The Bertz CT molecular complexity index is 581. The molecule has 5 heteroatoms. The van der Waals surface area contributed by atoms with Gasteiger partial charge < -0.3 is 9.47 Å². The Hall–Kier alpha value is -2.43. The Morgan fingerprint density at radius 2 is 2.00 bits per heavy atom. The summed E-state index contributed by atoms with van der Waals surface area (Å²) in [7, 11) is 4.01. The molecular weight excluding hydrogens is 250 g/mol. The summed E-state index contributed by atoms with van der Waals surface area (Å²) in [5.74, 6) is 0.614. The summed E-state index contributed by atoms with van der Waals surface area (Å²) >= 11 is 0. The smallest absolute Gasteiger partial charge is 0.249 e. The molecule has 0 saturated carbocycles. The van der Waals surface area contributed by atoms with Crippen molar-refractivity contribution in [1.82, 2.24) is 9.55 Å². The van der Waals surface area contributed by atoms with Gasteiger partial charge in [-0.25, -0.2) is 4.98 Å². The Balaban J connectivity index is 2.09. The van der Waals surface area contributed by atoms with E-state index >= 15 is 0 Å². The molecule has 0 atom stereocenters. The standard InChI is InChI=1S/C15H19N5/c1-4-5-11-20-12-10-16-15(20)18-17-13-6-8-14(9-7-13)19(2)3/h4,6-10,12H,1,5,11H2,2-3H3/b18-17+. The number of aryl methyl sites for hydroxylation is 1. The second-order valence-electron chi connectivity index (χ2n) is 4.61. The Morgan fingerprint density at radius 1 is 1.25 bits per heavy atom. The van der Waals surface area contributed by atoms with E-state index in [1.165, 1.54) is 0 Å². The molecule has 0 aliphatic heterocycles. The first kappa shape index (κ1) is 14.0. The minimum atomic E-state index is 0.614. The number of allylic oxidation sites excluding steroid dienone is 1. The minimum Gasteiger partial charge on any atom is -0.378 e. The number of imidazole rings is 1. The summed E-state index contributed by atoms with van der Waals surface area (Å²) in [6.07, 6.45) is 6.39. The van der Waals surface area contributed by atoms with Crippen molar-refractivity contribution in [3.8, 4) is 0 Å². The summed E-state index contributed by atoms with van der Waals surface area (Å²) in [6, 6.07) is 7.91. The maximum Gasteiger partial charge on any atom is 0.249 e. The number of benzene rings is 1. The van der Waals surface area contributed by atoms with Crippen LogP contribution in [-0.2, 0) is 6.54 Å². The van der Waals surface area contributed by atoms with Crippen molar-refractivity contribution in [2.24, 2.45) is 10.2 Å². The van der Waals surface area contributed by atoms with Crippen LogP contribution in [0.25, 0.3) is 0 Å². The molecule has 0 saturated heterocycles. The third kappa shape index (κ3) is 3.54. The van der Waals surface area contributed by atoms with Crippen LogP contribution in [0.15, 0.2) is 59.5 Å². The maximum absolute atomic E-state index is 4.22. The zero-order chi connectivity index (χ0) is 14.4. The number of aromatic nitrogens is 2. The fraction of sp³-hybridized carbons (Fsp3) is 0.267. The molecule has 0 spiro atoms. The number of hydrogen-bond acceptors (Lipinski definition) is 4. The van der Waals surface area contributed by atoms with Gasteiger partial charge in [0.15, 0.2) is 0 Å². The van der Waals surface area contributed by atoms with Crippen molar-refractivity contribution in [3.05, 3.63) is 49.3 Å². The molecule has 0 radical (unpaired) electrons. The molecule has 20 heavy (non-hydrogen) atoms. The van der Waals surface area contributed by atoms with Crippen LogP contribution in [0, 0.1) is 0 Å². The van der Waals surface area contributed by atoms with Crippen molar-refractivity contribution in [1.29, 1.82) is 0 Å². The first-order valence-corrected chi connectivity index (χ1v) is 6.52. The van der Waals surface area contributed by atoms with E-state index in [1.807, 2.05) is 60.1 Å². The normalized spacial score (nSPS) is 10.9. The highest BCUT2D eigenvalue weighted by molar-refractivity contribution is 5.51. The van der Waals surface area contributed by atoms with E-state index in [1.54, 1.807) is 6.20 Å². The zero-order valence-corrected chi connectivity index (χ0v) is 11.9. The molecule has 5 nitrogen and oxygen atoms in total. The number of nitrogens with zero attached hydrogens (tertiary/aromatic N) is 5. The molecule has 104 valence electrons. The molecule has 1 heterocycles. The quantitative estimate of drug-likeness (QED) is 0.589. The molecule has 0 amide bonds. The Morgan fingerprint density at radius 3 is 2.65 bits per heavy atom. The van der Waals surface area contributed by atoms with Gasteiger partial charge >= 0.3 is 0 Å². The molecule has 2 rings (SSSR count). The van der Waals surface area contributed by atoms with E-state index in [0.717, 1.165) is 24.3 Å². The van der Waals surface area contributed by atoms with Gasteiger partial charge in [0.1, 0.15) is 0 Å². The van der Waals surface area contributed by atoms with E-state index in [4.69, 9.17) is 0 Å². The third-order valence-corrected chi connectivity index (χ3v) is 2.89. The number of rotatable bonds is 6. The van der Waals surface area contributed by atoms with Crippen LogP contribution in [0.1, 0.15) is 6.42 Å². The van der Waals surface area contributed by atoms with Gasteiger partial charge in [-0.2, -0.15) is 0 Å². The number of anilines is 1. The van der Waals surface area contributed by atoms with Gasteiger partial charge in [-0.1, -0.05) is 6.08 Å². The summed E-state index contributed by atoms with van der Waals surface area (Å²) < 4.78 is 1.96. The molecule has 0 unspecified atom stereocenters. The highest BCUT2D eigenvalue weighted by Gasteiger charge is 2.00. The van der Waals surface area contributed by atoms with Crippen molar-refractivity contribution < 1.29 is 0 Å². The van der Waals surface area contributed by atoms with Crippen LogP contribution in [0.3, 0.4) is 0 Å². The first-order chi connectivity index (χ1) is 9.70. The maximum atomic E-state index is 4.22. The monoisotopic (exact) mass is 269 g/mol. The van der Waals surface area contributed by atoms with Gasteiger partial charge in [-0.05, 0) is 30.7 Å². The molecule has 2 aromatic rings.